The van der Waals surface area contributed by atoms with Gasteiger partial charge < -0.3 is 9.64 Å². The van der Waals surface area contributed by atoms with E-state index in [2.05, 4.69) is 32.7 Å². The Morgan fingerprint density at radius 1 is 1.11 bits per heavy atom. The average molecular weight is 288 g/mol. The molecule has 1 fully saturated rings. The molecular formula is C16H33NOS. The topological polar surface area (TPSA) is 12.5 Å². The van der Waals surface area contributed by atoms with Crippen molar-refractivity contribution in [3.63, 3.8) is 0 Å². The van der Waals surface area contributed by atoms with Gasteiger partial charge in [-0.25, -0.2) is 0 Å². The molecule has 0 aromatic carbocycles. The van der Waals surface area contributed by atoms with Crippen LogP contribution in [0.5, 0.6) is 0 Å². The summed E-state index contributed by atoms with van der Waals surface area (Å²) in [5, 5.41) is 0. The molecule has 0 bridgehead atoms. The zero-order valence-corrected chi connectivity index (χ0v) is 15.0. The molecule has 0 aromatic rings. The molecule has 0 radical (unpaired) electrons. The summed E-state index contributed by atoms with van der Waals surface area (Å²) < 4.78 is 5.41. The van der Waals surface area contributed by atoms with Gasteiger partial charge in [0.1, 0.15) is 0 Å². The first-order chi connectivity index (χ1) is 8.87. The maximum absolute atomic E-state index is 5.32. The third-order valence-corrected chi connectivity index (χ3v) is 4.69. The SMILES string of the molecule is CC.CC.CC1=C(N(C)C2(C)COC2)CCC1(C)S. The normalized spacial score (nSPS) is 27.6. The first-order valence-electron chi connectivity index (χ1n) is 7.61. The number of ether oxygens (including phenoxy) is 1. The fraction of sp³-hybridized carbons (Fsp3) is 0.875. The van der Waals surface area contributed by atoms with Crippen molar-refractivity contribution in [1.82, 2.24) is 4.90 Å². The smallest absolute Gasteiger partial charge is 0.0833 e. The summed E-state index contributed by atoms with van der Waals surface area (Å²) in [6.07, 6.45) is 2.30. The molecule has 1 unspecified atom stereocenters. The van der Waals surface area contributed by atoms with Crippen LogP contribution in [-0.2, 0) is 4.74 Å². The Morgan fingerprint density at radius 2 is 1.58 bits per heavy atom. The quantitative estimate of drug-likeness (QED) is 0.750. The lowest BCUT2D eigenvalue weighted by Crippen LogP contribution is -2.58. The van der Waals surface area contributed by atoms with Crippen LogP contribution in [-0.4, -0.2) is 35.4 Å². The summed E-state index contributed by atoms with van der Waals surface area (Å²) in [6, 6.07) is 0. The van der Waals surface area contributed by atoms with Crippen LogP contribution in [0.15, 0.2) is 11.3 Å². The first kappa shape index (κ1) is 18.9. The third-order valence-electron chi connectivity index (χ3n) is 4.13. The average Bonchev–Trinajstić information content (AvgIpc) is 2.66. The second kappa shape index (κ2) is 7.58. The van der Waals surface area contributed by atoms with Crippen LogP contribution in [0.1, 0.15) is 61.3 Å². The second-order valence-corrected chi connectivity index (χ2v) is 6.38. The lowest BCUT2D eigenvalue weighted by Gasteiger charge is -2.47. The van der Waals surface area contributed by atoms with Crippen molar-refractivity contribution >= 4 is 12.6 Å². The van der Waals surface area contributed by atoms with E-state index >= 15 is 0 Å². The Labute approximate surface area is 126 Å². The summed E-state index contributed by atoms with van der Waals surface area (Å²) in [7, 11) is 2.19. The molecule has 1 aliphatic heterocycles. The Hall–Kier alpha value is -0.150. The van der Waals surface area contributed by atoms with Crippen molar-refractivity contribution in [2.24, 2.45) is 0 Å². The van der Waals surface area contributed by atoms with Crippen molar-refractivity contribution in [1.29, 1.82) is 0 Å². The lowest BCUT2D eigenvalue weighted by molar-refractivity contribution is -0.111. The highest BCUT2D eigenvalue weighted by Gasteiger charge is 2.42. The minimum atomic E-state index is 0.0879. The summed E-state index contributed by atoms with van der Waals surface area (Å²) in [4.78, 5) is 2.41. The number of hydrogen-bond acceptors (Lipinski definition) is 3. The van der Waals surface area contributed by atoms with Gasteiger partial charge in [-0.3, -0.25) is 0 Å². The van der Waals surface area contributed by atoms with Crippen LogP contribution in [0.2, 0.25) is 0 Å². The number of thiol groups is 1. The molecular weight excluding hydrogens is 254 g/mol. The maximum Gasteiger partial charge on any atom is 0.0833 e. The minimum absolute atomic E-state index is 0.0879. The largest absolute Gasteiger partial charge is 0.376 e. The highest BCUT2D eigenvalue weighted by molar-refractivity contribution is 7.82. The van der Waals surface area contributed by atoms with Crippen LogP contribution in [0.25, 0.3) is 0 Å². The number of allylic oxidation sites excluding steroid dienone is 1. The Kier molecular flexibility index (Phi) is 7.52. The van der Waals surface area contributed by atoms with Crippen LogP contribution in [0, 0.1) is 0 Å². The predicted octanol–water partition coefficient (Wildman–Crippen LogP) is 4.52. The van der Waals surface area contributed by atoms with E-state index in [0.717, 1.165) is 26.1 Å². The Balaban J connectivity index is 0.000000741. The van der Waals surface area contributed by atoms with E-state index in [0.29, 0.717) is 0 Å². The third kappa shape index (κ3) is 3.91. The Morgan fingerprint density at radius 3 is 1.84 bits per heavy atom. The van der Waals surface area contributed by atoms with Crippen LogP contribution < -0.4 is 0 Å². The van der Waals surface area contributed by atoms with E-state index in [9.17, 15) is 0 Å². The lowest BCUT2D eigenvalue weighted by atomic mass is 9.97. The minimum Gasteiger partial charge on any atom is -0.376 e. The van der Waals surface area contributed by atoms with Gasteiger partial charge in [-0.2, -0.15) is 12.6 Å². The molecule has 2 nitrogen and oxygen atoms in total. The monoisotopic (exact) mass is 287 g/mol. The van der Waals surface area contributed by atoms with Crippen LogP contribution >= 0.6 is 12.6 Å². The predicted molar refractivity (Wildman–Crippen MR) is 89.0 cm³/mol. The summed E-state index contributed by atoms with van der Waals surface area (Å²) >= 11 is 4.73. The number of hydrogen-bond donors (Lipinski definition) is 1. The van der Waals surface area contributed by atoms with Gasteiger partial charge in [0.15, 0.2) is 0 Å². The molecule has 2 aliphatic rings. The molecule has 1 atom stereocenters. The molecule has 0 aromatic heterocycles. The summed E-state index contributed by atoms with van der Waals surface area (Å²) in [5.41, 5.74) is 3.12. The Bertz CT molecular complexity index is 306. The van der Waals surface area contributed by atoms with E-state index in [-0.39, 0.29) is 10.3 Å². The van der Waals surface area contributed by atoms with Gasteiger partial charge in [-0.15, -0.1) is 0 Å². The standard InChI is InChI=1S/C12H21NOS.2C2H6/c1-9-10(5-6-12(9,3)15)13(4)11(2)7-14-8-11;2*1-2/h15H,5-8H2,1-4H3;2*1-2H3. The molecule has 0 spiro atoms. The molecule has 0 amide bonds. The maximum atomic E-state index is 5.32. The number of nitrogens with zero attached hydrogens (tertiary/aromatic N) is 1. The fourth-order valence-corrected chi connectivity index (χ4v) is 2.62. The number of likely N-dealkylation sites (N-methyl/N-ethyl adjacent to an activating group) is 1. The molecule has 114 valence electrons. The molecule has 0 saturated carbocycles. The highest BCUT2D eigenvalue weighted by Crippen LogP contribution is 2.43. The second-order valence-electron chi connectivity index (χ2n) is 5.39. The van der Waals surface area contributed by atoms with E-state index in [1.807, 2.05) is 27.7 Å². The van der Waals surface area contributed by atoms with Gasteiger partial charge in [0.05, 0.1) is 18.8 Å². The fourth-order valence-electron chi connectivity index (χ4n) is 2.38. The van der Waals surface area contributed by atoms with Crippen molar-refractivity contribution in [2.45, 2.75) is 71.6 Å². The molecule has 2 rings (SSSR count). The van der Waals surface area contributed by atoms with Gasteiger partial charge >= 0.3 is 0 Å². The van der Waals surface area contributed by atoms with Gasteiger partial charge in [-0.05, 0) is 39.2 Å². The van der Waals surface area contributed by atoms with Crippen molar-refractivity contribution in [3.8, 4) is 0 Å². The summed E-state index contributed by atoms with van der Waals surface area (Å²) in [5.74, 6) is 0. The molecule has 19 heavy (non-hydrogen) atoms. The molecule has 3 heteroatoms. The van der Waals surface area contributed by atoms with Gasteiger partial charge in [0, 0.05) is 17.5 Å². The molecule has 1 saturated heterocycles. The zero-order chi connectivity index (χ0) is 15.3. The van der Waals surface area contributed by atoms with Gasteiger partial charge in [-0.1, -0.05) is 27.7 Å². The van der Waals surface area contributed by atoms with Gasteiger partial charge in [0.2, 0.25) is 0 Å². The zero-order valence-electron chi connectivity index (χ0n) is 14.1. The van der Waals surface area contributed by atoms with E-state index in [4.69, 9.17) is 17.4 Å². The highest BCUT2D eigenvalue weighted by atomic mass is 32.1. The first-order valence-corrected chi connectivity index (χ1v) is 8.06. The van der Waals surface area contributed by atoms with E-state index in [1.54, 1.807) is 0 Å². The van der Waals surface area contributed by atoms with E-state index in [1.165, 1.54) is 11.3 Å². The van der Waals surface area contributed by atoms with Crippen LogP contribution in [0.3, 0.4) is 0 Å². The summed E-state index contributed by atoms with van der Waals surface area (Å²) in [6.45, 7) is 16.4. The molecule has 1 heterocycles. The number of rotatable bonds is 2. The van der Waals surface area contributed by atoms with E-state index < -0.39 is 0 Å². The van der Waals surface area contributed by atoms with Crippen molar-refractivity contribution < 1.29 is 4.74 Å². The van der Waals surface area contributed by atoms with Crippen molar-refractivity contribution in [3.05, 3.63) is 11.3 Å². The van der Waals surface area contributed by atoms with Crippen molar-refractivity contribution in [2.75, 3.05) is 20.3 Å². The molecule has 0 N–H and O–H groups in total. The van der Waals surface area contributed by atoms with Crippen LogP contribution in [0.4, 0.5) is 0 Å². The van der Waals surface area contributed by atoms with Gasteiger partial charge in [0.25, 0.3) is 0 Å². The molecule has 1 aliphatic carbocycles.